The molecule has 0 spiro atoms. The molecule has 4 nitrogen and oxygen atoms in total. The van der Waals surface area contributed by atoms with Crippen LogP contribution in [-0.2, 0) is 6.54 Å². The molecule has 0 saturated carbocycles. The van der Waals surface area contributed by atoms with Crippen molar-refractivity contribution in [1.29, 1.82) is 0 Å². The Hall–Kier alpha value is -1.98. The first kappa shape index (κ1) is 14.4. The molecule has 2 rings (SSSR count). The molecule has 0 atom stereocenters. The summed E-state index contributed by atoms with van der Waals surface area (Å²) in [6.07, 6.45) is 1.66. The van der Waals surface area contributed by atoms with Crippen LogP contribution in [0.25, 0.3) is 0 Å². The second kappa shape index (κ2) is 6.98. The van der Waals surface area contributed by atoms with Crippen molar-refractivity contribution >= 4 is 22.9 Å². The number of aliphatic hydroxyl groups is 1. The van der Waals surface area contributed by atoms with Gasteiger partial charge in [0.05, 0.1) is 12.3 Å². The van der Waals surface area contributed by atoms with Crippen molar-refractivity contribution in [2.45, 2.75) is 6.54 Å². The summed E-state index contributed by atoms with van der Waals surface area (Å²) in [4.78, 5) is 6.52. The van der Waals surface area contributed by atoms with Gasteiger partial charge in [-0.15, -0.1) is 0 Å². The highest BCUT2D eigenvalue weighted by atomic mass is 32.1. The van der Waals surface area contributed by atoms with Crippen LogP contribution in [0.3, 0.4) is 0 Å². The van der Waals surface area contributed by atoms with Gasteiger partial charge in [-0.25, -0.2) is 0 Å². The van der Waals surface area contributed by atoms with E-state index in [2.05, 4.69) is 4.98 Å². The van der Waals surface area contributed by atoms with Crippen LogP contribution in [-0.4, -0.2) is 28.2 Å². The normalized spacial score (nSPS) is 10.2. The summed E-state index contributed by atoms with van der Waals surface area (Å²) < 4.78 is 0. The third kappa shape index (κ3) is 3.53. The van der Waals surface area contributed by atoms with Gasteiger partial charge in [-0.3, -0.25) is 4.98 Å². The van der Waals surface area contributed by atoms with Crippen molar-refractivity contribution in [3.05, 3.63) is 59.9 Å². The summed E-state index contributed by atoms with van der Waals surface area (Å²) in [5, 5.41) is 9.28. The molecule has 20 heavy (non-hydrogen) atoms. The van der Waals surface area contributed by atoms with Crippen molar-refractivity contribution in [2.75, 3.05) is 18.1 Å². The molecule has 2 aromatic rings. The Kier molecular flexibility index (Phi) is 5.03. The summed E-state index contributed by atoms with van der Waals surface area (Å²) >= 11 is 5.04. The molecule has 1 aromatic heterocycles. The molecular formula is C15H17N3OS. The second-order valence-electron chi connectivity index (χ2n) is 4.37. The SMILES string of the molecule is NC(=S)c1ncccc1N(CCO)Cc1ccccc1. The molecular weight excluding hydrogens is 270 g/mol. The second-order valence-corrected chi connectivity index (χ2v) is 4.81. The van der Waals surface area contributed by atoms with E-state index in [4.69, 9.17) is 18.0 Å². The molecule has 1 aromatic carbocycles. The van der Waals surface area contributed by atoms with Crippen LogP contribution in [0.5, 0.6) is 0 Å². The summed E-state index contributed by atoms with van der Waals surface area (Å²) in [5.41, 5.74) is 8.31. The average molecular weight is 287 g/mol. The summed E-state index contributed by atoms with van der Waals surface area (Å²) in [6.45, 7) is 1.22. The monoisotopic (exact) mass is 287 g/mol. The van der Waals surface area contributed by atoms with E-state index in [0.29, 0.717) is 18.8 Å². The van der Waals surface area contributed by atoms with Crippen LogP contribution >= 0.6 is 12.2 Å². The number of aliphatic hydroxyl groups excluding tert-OH is 1. The van der Waals surface area contributed by atoms with E-state index in [0.717, 1.165) is 11.3 Å². The average Bonchev–Trinajstić information content (AvgIpc) is 2.48. The fourth-order valence-electron chi connectivity index (χ4n) is 2.05. The molecule has 3 N–H and O–H groups in total. The van der Waals surface area contributed by atoms with Gasteiger partial charge in [-0.05, 0) is 17.7 Å². The van der Waals surface area contributed by atoms with Crippen LogP contribution in [0.4, 0.5) is 5.69 Å². The van der Waals surface area contributed by atoms with Crippen molar-refractivity contribution in [2.24, 2.45) is 5.73 Å². The summed E-state index contributed by atoms with van der Waals surface area (Å²) in [7, 11) is 0. The van der Waals surface area contributed by atoms with Gasteiger partial charge in [-0.2, -0.15) is 0 Å². The Labute approximate surface area is 123 Å². The van der Waals surface area contributed by atoms with E-state index in [1.54, 1.807) is 6.20 Å². The number of benzene rings is 1. The molecule has 104 valence electrons. The fourth-order valence-corrected chi connectivity index (χ4v) is 2.21. The van der Waals surface area contributed by atoms with Gasteiger partial charge < -0.3 is 15.7 Å². The highest BCUT2D eigenvalue weighted by Crippen LogP contribution is 2.20. The summed E-state index contributed by atoms with van der Waals surface area (Å²) in [5.74, 6) is 0. The maximum Gasteiger partial charge on any atom is 0.124 e. The number of hydrogen-bond acceptors (Lipinski definition) is 4. The number of thiocarbonyl (C=S) groups is 1. The molecule has 0 bridgehead atoms. The van der Waals surface area contributed by atoms with Crippen molar-refractivity contribution < 1.29 is 5.11 Å². The first-order chi connectivity index (χ1) is 9.72. The molecule has 0 aliphatic heterocycles. The van der Waals surface area contributed by atoms with Gasteiger partial charge >= 0.3 is 0 Å². The smallest absolute Gasteiger partial charge is 0.124 e. The lowest BCUT2D eigenvalue weighted by Crippen LogP contribution is -2.29. The molecule has 0 unspecified atom stereocenters. The quantitative estimate of drug-likeness (QED) is 0.792. The van der Waals surface area contributed by atoms with E-state index in [1.807, 2.05) is 47.4 Å². The molecule has 0 amide bonds. The van der Waals surface area contributed by atoms with E-state index in [-0.39, 0.29) is 11.6 Å². The Morgan fingerprint density at radius 1 is 1.20 bits per heavy atom. The molecule has 0 fully saturated rings. The van der Waals surface area contributed by atoms with E-state index in [9.17, 15) is 5.11 Å². The Morgan fingerprint density at radius 3 is 2.60 bits per heavy atom. The highest BCUT2D eigenvalue weighted by Gasteiger charge is 2.13. The Morgan fingerprint density at radius 2 is 1.95 bits per heavy atom. The lowest BCUT2D eigenvalue weighted by Gasteiger charge is -2.25. The molecule has 0 saturated heterocycles. The topological polar surface area (TPSA) is 62.4 Å². The predicted octanol–water partition coefficient (Wildman–Crippen LogP) is 1.71. The number of hydrogen-bond donors (Lipinski definition) is 2. The number of nitrogens with zero attached hydrogens (tertiary/aromatic N) is 2. The van der Waals surface area contributed by atoms with Gasteiger partial charge in [0.25, 0.3) is 0 Å². The van der Waals surface area contributed by atoms with E-state index in [1.165, 1.54) is 0 Å². The first-order valence-electron chi connectivity index (χ1n) is 6.37. The van der Waals surface area contributed by atoms with Crippen molar-refractivity contribution in [3.63, 3.8) is 0 Å². The maximum absolute atomic E-state index is 9.28. The van der Waals surface area contributed by atoms with Crippen LogP contribution in [0, 0.1) is 0 Å². The zero-order valence-corrected chi connectivity index (χ0v) is 11.9. The number of anilines is 1. The Balaban J connectivity index is 2.31. The highest BCUT2D eigenvalue weighted by molar-refractivity contribution is 7.80. The number of aromatic nitrogens is 1. The minimum Gasteiger partial charge on any atom is -0.395 e. The van der Waals surface area contributed by atoms with Crippen LogP contribution in [0.2, 0.25) is 0 Å². The fraction of sp³-hybridized carbons (Fsp3) is 0.200. The van der Waals surface area contributed by atoms with Gasteiger partial charge in [0, 0.05) is 19.3 Å². The minimum atomic E-state index is 0.0541. The standard InChI is InChI=1S/C15H17N3OS/c16-15(20)14-13(7-4-8-17-14)18(9-10-19)11-12-5-2-1-3-6-12/h1-8,19H,9-11H2,(H2,16,20). The molecule has 1 heterocycles. The van der Waals surface area contributed by atoms with Gasteiger partial charge in [0.15, 0.2) is 0 Å². The Bertz CT molecular complexity index is 574. The van der Waals surface area contributed by atoms with Crippen LogP contribution < -0.4 is 10.6 Å². The predicted molar refractivity (Wildman–Crippen MR) is 84.7 cm³/mol. The maximum atomic E-state index is 9.28. The van der Waals surface area contributed by atoms with Gasteiger partial charge in [-0.1, -0.05) is 42.5 Å². The van der Waals surface area contributed by atoms with Crippen molar-refractivity contribution in [1.82, 2.24) is 4.98 Å². The summed E-state index contributed by atoms with van der Waals surface area (Å²) in [6, 6.07) is 13.8. The molecule has 5 heteroatoms. The largest absolute Gasteiger partial charge is 0.395 e. The van der Waals surface area contributed by atoms with Crippen LogP contribution in [0.15, 0.2) is 48.7 Å². The number of pyridine rings is 1. The molecule has 0 aliphatic rings. The number of nitrogens with two attached hydrogens (primary N) is 1. The third-order valence-electron chi connectivity index (χ3n) is 2.95. The third-order valence-corrected chi connectivity index (χ3v) is 3.14. The zero-order chi connectivity index (χ0) is 14.4. The molecule has 0 radical (unpaired) electrons. The lowest BCUT2D eigenvalue weighted by molar-refractivity contribution is 0.301. The van der Waals surface area contributed by atoms with E-state index < -0.39 is 0 Å². The first-order valence-corrected chi connectivity index (χ1v) is 6.77. The molecule has 0 aliphatic carbocycles. The lowest BCUT2D eigenvalue weighted by atomic mass is 10.2. The van der Waals surface area contributed by atoms with Crippen molar-refractivity contribution in [3.8, 4) is 0 Å². The number of rotatable bonds is 6. The van der Waals surface area contributed by atoms with Crippen LogP contribution in [0.1, 0.15) is 11.3 Å². The minimum absolute atomic E-state index is 0.0541. The van der Waals surface area contributed by atoms with Gasteiger partial charge in [0.1, 0.15) is 10.7 Å². The van der Waals surface area contributed by atoms with E-state index >= 15 is 0 Å². The zero-order valence-electron chi connectivity index (χ0n) is 11.1. The van der Waals surface area contributed by atoms with Gasteiger partial charge in [0.2, 0.25) is 0 Å².